The molecule has 0 aromatic heterocycles. The second-order valence-corrected chi connectivity index (χ2v) is 2.71. The van der Waals surface area contributed by atoms with E-state index in [2.05, 4.69) is 0 Å². The fraction of sp³-hybridized carbons (Fsp3) is 0.833. The van der Waals surface area contributed by atoms with Crippen molar-refractivity contribution in [2.45, 2.75) is 25.0 Å². The smallest absolute Gasteiger partial charge is 0.313 e. The summed E-state index contributed by atoms with van der Waals surface area (Å²) in [5.74, 6) is -0.100. The molecule has 2 aliphatic rings. The summed E-state index contributed by atoms with van der Waals surface area (Å²) in [5.41, 5.74) is 0. The van der Waals surface area contributed by atoms with E-state index in [1.165, 1.54) is 0 Å². The molecule has 1 saturated carbocycles. The minimum Gasteiger partial charge on any atom is -0.461 e. The van der Waals surface area contributed by atoms with Crippen LogP contribution >= 0.6 is 0 Å². The first-order valence-electron chi connectivity index (χ1n) is 3.16. The predicted molar refractivity (Wildman–Crippen MR) is 28.6 cm³/mol. The van der Waals surface area contributed by atoms with Gasteiger partial charge in [0.15, 0.2) is 0 Å². The summed E-state index contributed by atoms with van der Waals surface area (Å²) < 4.78 is 4.73. The maximum atomic E-state index is 10.5. The average Bonchev–Trinajstić information content (AvgIpc) is 2.08. The summed E-state index contributed by atoms with van der Waals surface area (Å²) >= 11 is 0. The van der Waals surface area contributed by atoms with Crippen molar-refractivity contribution in [1.29, 1.82) is 0 Å². The molecule has 9 heavy (non-hydrogen) atoms. The minimum absolute atomic E-state index is 0.0278. The SMILES string of the molecule is O=C1O[C@@H]2C[C@H](O)C[C@@H]12. The van der Waals surface area contributed by atoms with E-state index in [9.17, 15) is 4.79 Å². The summed E-state index contributed by atoms with van der Waals surface area (Å²) in [6.45, 7) is 0. The lowest BCUT2D eigenvalue weighted by Gasteiger charge is -2.28. The van der Waals surface area contributed by atoms with E-state index in [1.807, 2.05) is 0 Å². The number of rotatable bonds is 0. The highest BCUT2D eigenvalue weighted by Gasteiger charge is 2.49. The summed E-state index contributed by atoms with van der Waals surface area (Å²) in [6.07, 6.45) is 1.01. The molecule has 1 N–H and O–H groups in total. The molecule has 1 aliphatic carbocycles. The Morgan fingerprint density at radius 3 is 2.78 bits per heavy atom. The van der Waals surface area contributed by atoms with Crippen molar-refractivity contribution in [3.63, 3.8) is 0 Å². The van der Waals surface area contributed by atoms with Gasteiger partial charge in [-0.05, 0) is 6.42 Å². The van der Waals surface area contributed by atoms with Gasteiger partial charge < -0.3 is 9.84 Å². The van der Waals surface area contributed by atoms with Crippen LogP contribution in [-0.4, -0.2) is 23.3 Å². The number of aliphatic hydroxyl groups is 1. The van der Waals surface area contributed by atoms with Crippen LogP contribution in [0.15, 0.2) is 0 Å². The molecule has 3 nitrogen and oxygen atoms in total. The zero-order chi connectivity index (χ0) is 6.43. The van der Waals surface area contributed by atoms with Crippen LogP contribution in [0.25, 0.3) is 0 Å². The van der Waals surface area contributed by atoms with Crippen molar-refractivity contribution < 1.29 is 14.6 Å². The Kier molecular flexibility index (Phi) is 0.858. The Bertz CT molecular complexity index is 154. The molecule has 0 unspecified atom stereocenters. The van der Waals surface area contributed by atoms with Gasteiger partial charge >= 0.3 is 5.97 Å². The van der Waals surface area contributed by atoms with Gasteiger partial charge in [0.2, 0.25) is 0 Å². The quantitative estimate of drug-likeness (QED) is 0.455. The van der Waals surface area contributed by atoms with Crippen molar-refractivity contribution in [3.8, 4) is 0 Å². The number of carbonyl (C=O) groups is 1. The lowest BCUT2D eigenvalue weighted by Crippen LogP contribution is -2.40. The molecule has 0 aromatic carbocycles. The number of aliphatic hydroxyl groups excluding tert-OH is 1. The summed E-state index contributed by atoms with van der Waals surface area (Å²) in [4.78, 5) is 10.5. The number of hydrogen-bond acceptors (Lipinski definition) is 3. The van der Waals surface area contributed by atoms with Crippen molar-refractivity contribution in [2.24, 2.45) is 5.92 Å². The van der Waals surface area contributed by atoms with Crippen LogP contribution in [0, 0.1) is 5.92 Å². The number of fused-ring (bicyclic) bond motifs is 1. The molecule has 3 heteroatoms. The van der Waals surface area contributed by atoms with Crippen LogP contribution < -0.4 is 0 Å². The van der Waals surface area contributed by atoms with E-state index in [1.54, 1.807) is 0 Å². The van der Waals surface area contributed by atoms with Crippen LogP contribution in [0.5, 0.6) is 0 Å². The standard InChI is InChI=1S/C6H8O3/c7-3-1-4-5(2-3)9-6(4)8/h3-5,7H,1-2H2/t3-,4-,5-/m1/s1. The van der Waals surface area contributed by atoms with Crippen molar-refractivity contribution in [3.05, 3.63) is 0 Å². The zero-order valence-electron chi connectivity index (χ0n) is 4.91. The lowest BCUT2D eigenvalue weighted by atomic mass is 10.0. The third-order valence-electron chi connectivity index (χ3n) is 2.05. The van der Waals surface area contributed by atoms with E-state index >= 15 is 0 Å². The molecule has 1 saturated heterocycles. The number of ether oxygens (including phenoxy) is 1. The normalized spacial score (nSPS) is 47.7. The fourth-order valence-corrected chi connectivity index (χ4v) is 1.52. The molecule has 2 rings (SSSR count). The fourth-order valence-electron chi connectivity index (χ4n) is 1.52. The molecule has 1 aliphatic heterocycles. The van der Waals surface area contributed by atoms with Crippen LogP contribution in [-0.2, 0) is 9.53 Å². The summed E-state index contributed by atoms with van der Waals surface area (Å²) in [7, 11) is 0. The van der Waals surface area contributed by atoms with Gasteiger partial charge in [0.25, 0.3) is 0 Å². The number of hydrogen-bond donors (Lipinski definition) is 1. The summed E-state index contributed by atoms with van der Waals surface area (Å²) in [6, 6.07) is 0. The van der Waals surface area contributed by atoms with Gasteiger partial charge in [-0.1, -0.05) is 0 Å². The second-order valence-electron chi connectivity index (χ2n) is 2.71. The third-order valence-corrected chi connectivity index (χ3v) is 2.05. The Labute approximate surface area is 52.6 Å². The van der Waals surface area contributed by atoms with Crippen molar-refractivity contribution in [2.75, 3.05) is 0 Å². The van der Waals surface area contributed by atoms with Crippen molar-refractivity contribution in [1.82, 2.24) is 0 Å². The maximum Gasteiger partial charge on any atom is 0.313 e. The average molecular weight is 128 g/mol. The Morgan fingerprint density at radius 1 is 1.56 bits per heavy atom. The molecule has 2 fully saturated rings. The highest BCUT2D eigenvalue weighted by atomic mass is 16.6. The van der Waals surface area contributed by atoms with Gasteiger partial charge in [0.1, 0.15) is 6.10 Å². The Morgan fingerprint density at radius 2 is 2.33 bits per heavy atom. The highest BCUT2D eigenvalue weighted by Crippen LogP contribution is 2.37. The molecule has 0 radical (unpaired) electrons. The van der Waals surface area contributed by atoms with E-state index in [0.29, 0.717) is 12.8 Å². The van der Waals surface area contributed by atoms with Gasteiger partial charge in [-0.25, -0.2) is 0 Å². The molecule has 1 heterocycles. The first-order chi connectivity index (χ1) is 4.27. The molecule has 0 amide bonds. The third kappa shape index (κ3) is 0.580. The molecule has 50 valence electrons. The molecular formula is C6H8O3. The molecule has 3 atom stereocenters. The molecule has 0 bridgehead atoms. The topological polar surface area (TPSA) is 46.5 Å². The largest absolute Gasteiger partial charge is 0.461 e. The number of carbonyl (C=O) groups excluding carboxylic acids is 1. The Hall–Kier alpha value is -0.570. The van der Waals surface area contributed by atoms with Crippen LogP contribution in [0.2, 0.25) is 0 Å². The predicted octanol–water partition coefficient (Wildman–Crippen LogP) is -0.317. The van der Waals surface area contributed by atoms with Gasteiger partial charge in [-0.3, -0.25) is 4.79 Å². The van der Waals surface area contributed by atoms with Gasteiger partial charge in [-0.2, -0.15) is 0 Å². The van der Waals surface area contributed by atoms with Crippen molar-refractivity contribution >= 4 is 5.97 Å². The number of esters is 1. The first-order valence-corrected chi connectivity index (χ1v) is 3.16. The van der Waals surface area contributed by atoms with E-state index in [0.717, 1.165) is 0 Å². The highest BCUT2D eigenvalue weighted by molar-refractivity contribution is 5.79. The van der Waals surface area contributed by atoms with Gasteiger partial charge in [0, 0.05) is 6.42 Å². The monoisotopic (exact) mass is 128 g/mol. The van der Waals surface area contributed by atoms with Gasteiger partial charge in [0.05, 0.1) is 12.0 Å². The molecular weight excluding hydrogens is 120 g/mol. The molecule has 0 spiro atoms. The Balaban J connectivity index is 2.08. The first kappa shape index (κ1) is 5.23. The summed E-state index contributed by atoms with van der Waals surface area (Å²) in [5, 5.41) is 9.00. The van der Waals surface area contributed by atoms with Gasteiger partial charge in [-0.15, -0.1) is 0 Å². The lowest BCUT2D eigenvalue weighted by molar-refractivity contribution is -0.179. The maximum absolute atomic E-state index is 10.5. The van der Waals surface area contributed by atoms with E-state index in [-0.39, 0.29) is 24.1 Å². The second kappa shape index (κ2) is 1.48. The van der Waals surface area contributed by atoms with Crippen LogP contribution in [0.3, 0.4) is 0 Å². The van der Waals surface area contributed by atoms with E-state index in [4.69, 9.17) is 9.84 Å². The van der Waals surface area contributed by atoms with Crippen LogP contribution in [0.4, 0.5) is 0 Å². The molecule has 0 aromatic rings. The van der Waals surface area contributed by atoms with Crippen LogP contribution in [0.1, 0.15) is 12.8 Å². The minimum atomic E-state index is -0.300. The van der Waals surface area contributed by atoms with E-state index < -0.39 is 0 Å². The zero-order valence-corrected chi connectivity index (χ0v) is 4.91.